The van der Waals surface area contributed by atoms with Crippen molar-refractivity contribution in [3.05, 3.63) is 59.9 Å². The third-order valence-corrected chi connectivity index (χ3v) is 4.64. The molecule has 3 rings (SSSR count). The second-order valence-electron chi connectivity index (χ2n) is 6.96. The van der Waals surface area contributed by atoms with E-state index in [0.29, 0.717) is 5.69 Å². The molecule has 7 heteroatoms. The minimum Gasteiger partial charge on any atom is -0.325 e. The van der Waals surface area contributed by atoms with Gasteiger partial charge in [0.05, 0.1) is 12.2 Å². The van der Waals surface area contributed by atoms with Crippen molar-refractivity contribution < 1.29 is 14.0 Å². The van der Waals surface area contributed by atoms with Crippen LogP contribution in [0.1, 0.15) is 12.5 Å². The molecule has 0 atom stereocenters. The quantitative estimate of drug-likeness (QED) is 0.803. The van der Waals surface area contributed by atoms with E-state index in [1.54, 1.807) is 0 Å². The van der Waals surface area contributed by atoms with Crippen LogP contribution in [0.3, 0.4) is 0 Å². The highest BCUT2D eigenvalue weighted by Gasteiger charge is 2.19. The SMILES string of the molecule is CC(=O)Nc1cc(NC(=O)CN2CCN(Cc3ccccc3)CC2)ccc1F. The number of nitrogens with zero attached hydrogens (tertiary/aromatic N) is 2. The number of carbonyl (C=O) groups is 2. The van der Waals surface area contributed by atoms with E-state index in [2.05, 4.69) is 32.6 Å². The number of amides is 2. The molecule has 0 spiro atoms. The third kappa shape index (κ3) is 5.87. The number of hydrogen-bond acceptors (Lipinski definition) is 4. The molecule has 0 unspecified atom stereocenters. The highest BCUT2D eigenvalue weighted by molar-refractivity contribution is 5.94. The van der Waals surface area contributed by atoms with Crippen LogP contribution in [0.2, 0.25) is 0 Å². The monoisotopic (exact) mass is 384 g/mol. The van der Waals surface area contributed by atoms with Crippen molar-refractivity contribution in [2.45, 2.75) is 13.5 Å². The Balaban J connectivity index is 1.46. The maximum Gasteiger partial charge on any atom is 0.238 e. The van der Waals surface area contributed by atoms with Gasteiger partial charge in [0, 0.05) is 45.3 Å². The molecule has 1 saturated heterocycles. The van der Waals surface area contributed by atoms with Crippen LogP contribution in [0.25, 0.3) is 0 Å². The van der Waals surface area contributed by atoms with Gasteiger partial charge in [-0.3, -0.25) is 19.4 Å². The van der Waals surface area contributed by atoms with E-state index in [1.165, 1.54) is 30.7 Å². The molecule has 2 aromatic carbocycles. The van der Waals surface area contributed by atoms with Gasteiger partial charge in [-0.1, -0.05) is 30.3 Å². The molecule has 1 fully saturated rings. The number of piperazine rings is 1. The van der Waals surface area contributed by atoms with Gasteiger partial charge in [-0.05, 0) is 23.8 Å². The van der Waals surface area contributed by atoms with Crippen LogP contribution in [-0.4, -0.2) is 54.3 Å². The second-order valence-corrected chi connectivity index (χ2v) is 6.96. The lowest BCUT2D eigenvalue weighted by atomic mass is 10.2. The number of rotatable bonds is 6. The summed E-state index contributed by atoms with van der Waals surface area (Å²) in [7, 11) is 0. The molecular formula is C21H25FN4O2. The third-order valence-electron chi connectivity index (χ3n) is 4.64. The molecule has 1 heterocycles. The summed E-state index contributed by atoms with van der Waals surface area (Å²) in [4.78, 5) is 27.9. The van der Waals surface area contributed by atoms with E-state index >= 15 is 0 Å². The Morgan fingerprint density at radius 1 is 0.964 bits per heavy atom. The van der Waals surface area contributed by atoms with Crippen molar-refractivity contribution >= 4 is 23.2 Å². The van der Waals surface area contributed by atoms with Crippen LogP contribution >= 0.6 is 0 Å². The summed E-state index contributed by atoms with van der Waals surface area (Å²) in [5.41, 5.74) is 1.80. The number of benzene rings is 2. The molecule has 0 radical (unpaired) electrons. The zero-order valence-electron chi connectivity index (χ0n) is 16.0. The Morgan fingerprint density at radius 3 is 2.32 bits per heavy atom. The fourth-order valence-corrected chi connectivity index (χ4v) is 3.24. The molecule has 2 amide bonds. The number of nitrogens with one attached hydrogen (secondary N) is 2. The largest absolute Gasteiger partial charge is 0.325 e. The van der Waals surface area contributed by atoms with Gasteiger partial charge in [0.15, 0.2) is 0 Å². The van der Waals surface area contributed by atoms with Crippen molar-refractivity contribution in [2.24, 2.45) is 0 Å². The van der Waals surface area contributed by atoms with Gasteiger partial charge < -0.3 is 10.6 Å². The highest BCUT2D eigenvalue weighted by Crippen LogP contribution is 2.19. The molecule has 1 aliphatic rings. The zero-order valence-corrected chi connectivity index (χ0v) is 16.0. The molecule has 2 aromatic rings. The first-order valence-corrected chi connectivity index (χ1v) is 9.35. The molecule has 0 aliphatic carbocycles. The molecule has 2 N–H and O–H groups in total. The smallest absolute Gasteiger partial charge is 0.238 e. The minimum atomic E-state index is -0.539. The summed E-state index contributed by atoms with van der Waals surface area (Å²) >= 11 is 0. The fraction of sp³-hybridized carbons (Fsp3) is 0.333. The van der Waals surface area contributed by atoms with Crippen molar-refractivity contribution in [3.8, 4) is 0 Å². The predicted molar refractivity (Wildman–Crippen MR) is 107 cm³/mol. The van der Waals surface area contributed by atoms with Gasteiger partial charge in [-0.25, -0.2) is 4.39 Å². The Morgan fingerprint density at radius 2 is 1.64 bits per heavy atom. The van der Waals surface area contributed by atoms with Crippen molar-refractivity contribution in [3.63, 3.8) is 0 Å². The van der Waals surface area contributed by atoms with Gasteiger partial charge in [0.25, 0.3) is 0 Å². The molecule has 0 bridgehead atoms. The topological polar surface area (TPSA) is 64.7 Å². The maximum absolute atomic E-state index is 13.7. The summed E-state index contributed by atoms with van der Waals surface area (Å²) in [6.45, 7) is 5.97. The summed E-state index contributed by atoms with van der Waals surface area (Å²) in [6, 6.07) is 14.5. The van der Waals surface area contributed by atoms with Crippen molar-refractivity contribution in [2.75, 3.05) is 43.4 Å². The van der Waals surface area contributed by atoms with Crippen LogP contribution in [0.4, 0.5) is 15.8 Å². The average Bonchev–Trinajstić information content (AvgIpc) is 2.66. The van der Waals surface area contributed by atoms with Crippen LogP contribution in [0, 0.1) is 5.82 Å². The van der Waals surface area contributed by atoms with Gasteiger partial charge in [-0.15, -0.1) is 0 Å². The molecule has 0 saturated carbocycles. The van der Waals surface area contributed by atoms with E-state index in [1.807, 2.05) is 18.2 Å². The summed E-state index contributed by atoms with van der Waals surface area (Å²) < 4.78 is 13.7. The number of halogens is 1. The normalized spacial score (nSPS) is 15.2. The van der Waals surface area contributed by atoms with E-state index in [9.17, 15) is 14.0 Å². The van der Waals surface area contributed by atoms with Crippen LogP contribution in [-0.2, 0) is 16.1 Å². The Bertz CT molecular complexity index is 820. The Kier molecular flexibility index (Phi) is 6.73. The molecule has 1 aliphatic heterocycles. The molecule has 28 heavy (non-hydrogen) atoms. The predicted octanol–water partition coefficient (Wildman–Crippen LogP) is 2.54. The van der Waals surface area contributed by atoms with E-state index in [4.69, 9.17) is 0 Å². The van der Waals surface area contributed by atoms with Gasteiger partial charge in [0.2, 0.25) is 11.8 Å². The zero-order chi connectivity index (χ0) is 19.9. The van der Waals surface area contributed by atoms with Gasteiger partial charge in [-0.2, -0.15) is 0 Å². The second kappa shape index (κ2) is 9.43. The Labute approximate surface area is 164 Å². The lowest BCUT2D eigenvalue weighted by Gasteiger charge is -2.34. The lowest BCUT2D eigenvalue weighted by Crippen LogP contribution is -2.48. The van der Waals surface area contributed by atoms with Crippen molar-refractivity contribution in [1.29, 1.82) is 0 Å². The van der Waals surface area contributed by atoms with Gasteiger partial charge >= 0.3 is 0 Å². The summed E-state index contributed by atoms with van der Waals surface area (Å²) in [6.07, 6.45) is 0. The minimum absolute atomic E-state index is 0.0554. The molecule has 0 aromatic heterocycles. The average molecular weight is 384 g/mol. The van der Waals surface area contributed by atoms with Crippen LogP contribution < -0.4 is 10.6 Å². The molecular weight excluding hydrogens is 359 g/mol. The number of anilines is 2. The highest BCUT2D eigenvalue weighted by atomic mass is 19.1. The number of hydrogen-bond donors (Lipinski definition) is 2. The van der Waals surface area contributed by atoms with Crippen LogP contribution in [0.5, 0.6) is 0 Å². The standard InChI is InChI=1S/C21H25FN4O2/c1-16(27)23-20-13-18(7-8-19(20)22)24-21(28)15-26-11-9-25(10-12-26)14-17-5-3-2-4-6-17/h2-8,13H,9-12,14-15H2,1H3,(H,23,27)(H,24,28). The summed E-state index contributed by atoms with van der Waals surface area (Å²) in [5.74, 6) is -1.06. The van der Waals surface area contributed by atoms with Crippen LogP contribution in [0.15, 0.2) is 48.5 Å². The van der Waals surface area contributed by atoms with E-state index in [-0.39, 0.29) is 24.0 Å². The fourth-order valence-electron chi connectivity index (χ4n) is 3.24. The lowest BCUT2D eigenvalue weighted by molar-refractivity contribution is -0.117. The van der Waals surface area contributed by atoms with Crippen molar-refractivity contribution in [1.82, 2.24) is 9.80 Å². The van der Waals surface area contributed by atoms with Gasteiger partial charge in [0.1, 0.15) is 5.82 Å². The molecule has 6 nitrogen and oxygen atoms in total. The summed E-state index contributed by atoms with van der Waals surface area (Å²) in [5, 5.41) is 5.18. The first-order chi connectivity index (χ1) is 13.5. The number of carbonyl (C=O) groups excluding carboxylic acids is 2. The van der Waals surface area contributed by atoms with E-state index in [0.717, 1.165) is 32.7 Å². The van der Waals surface area contributed by atoms with E-state index < -0.39 is 5.82 Å². The molecule has 148 valence electrons. The Hall–Kier alpha value is -2.77. The first-order valence-electron chi connectivity index (χ1n) is 9.35. The maximum atomic E-state index is 13.7. The first kappa shape index (κ1) is 20.0.